The number of hydrogen-bond donors (Lipinski definition) is 2. The number of carbonyl (C=O) groups excluding carboxylic acids is 1. The third kappa shape index (κ3) is 3.78. The molecular weight excluding hydrogens is 274 g/mol. The van der Waals surface area contributed by atoms with E-state index in [0.717, 1.165) is 0 Å². The smallest absolute Gasteiger partial charge is 0.270 e. The van der Waals surface area contributed by atoms with Crippen molar-refractivity contribution in [1.29, 1.82) is 0 Å². The number of nitro benzene ring substituents is 1. The maximum absolute atomic E-state index is 12.0. The highest BCUT2D eigenvalue weighted by atomic mass is 16.6. The number of non-ortho nitro benzene ring substituents is 1. The first-order chi connectivity index (χ1) is 10.1. The molecule has 2 rings (SSSR count). The van der Waals surface area contributed by atoms with E-state index in [1.165, 1.54) is 18.2 Å². The monoisotopic (exact) mass is 289 g/mol. The molecule has 21 heavy (non-hydrogen) atoms. The number of aryl methyl sites for hydroxylation is 1. The lowest BCUT2D eigenvalue weighted by Crippen LogP contribution is -2.26. The molecule has 2 aromatic rings. The third-order valence-corrected chi connectivity index (χ3v) is 2.90. The Morgan fingerprint density at radius 2 is 2.29 bits per heavy atom. The topological polar surface area (TPSA) is 116 Å². The lowest BCUT2D eigenvalue weighted by Gasteiger charge is -2.07. The van der Waals surface area contributed by atoms with Crippen LogP contribution in [0.15, 0.2) is 36.7 Å². The molecule has 0 bridgehead atoms. The number of nitro groups is 1. The van der Waals surface area contributed by atoms with Gasteiger partial charge in [0.2, 0.25) is 0 Å². The van der Waals surface area contributed by atoms with Crippen molar-refractivity contribution in [3.8, 4) is 0 Å². The minimum atomic E-state index is -0.562. The Morgan fingerprint density at radius 3 is 2.95 bits per heavy atom. The summed E-state index contributed by atoms with van der Waals surface area (Å²) in [6.07, 6.45) is 4.21. The lowest BCUT2D eigenvalue weighted by atomic mass is 10.1. The molecular formula is C13H15N5O3. The summed E-state index contributed by atoms with van der Waals surface area (Å²) in [4.78, 5) is 22.1. The number of nitrogens with zero attached hydrogens (tertiary/aromatic N) is 3. The van der Waals surface area contributed by atoms with Gasteiger partial charge in [-0.2, -0.15) is 5.10 Å². The van der Waals surface area contributed by atoms with Crippen molar-refractivity contribution >= 4 is 17.3 Å². The molecule has 8 heteroatoms. The molecule has 0 aliphatic rings. The number of amides is 1. The highest BCUT2D eigenvalue weighted by Gasteiger charge is 2.14. The van der Waals surface area contributed by atoms with Crippen molar-refractivity contribution in [3.63, 3.8) is 0 Å². The van der Waals surface area contributed by atoms with Gasteiger partial charge in [0.15, 0.2) is 0 Å². The predicted molar refractivity (Wildman–Crippen MR) is 76.7 cm³/mol. The van der Waals surface area contributed by atoms with Gasteiger partial charge in [0, 0.05) is 43.3 Å². The fourth-order valence-corrected chi connectivity index (χ4v) is 1.83. The summed E-state index contributed by atoms with van der Waals surface area (Å²) >= 11 is 0. The summed E-state index contributed by atoms with van der Waals surface area (Å²) in [6.45, 7) is 1.11. The van der Waals surface area contributed by atoms with Gasteiger partial charge in [-0.05, 0) is 18.6 Å². The molecule has 0 atom stereocenters. The Morgan fingerprint density at radius 1 is 1.48 bits per heavy atom. The van der Waals surface area contributed by atoms with E-state index < -0.39 is 10.8 Å². The van der Waals surface area contributed by atoms with Gasteiger partial charge in [0.25, 0.3) is 11.6 Å². The van der Waals surface area contributed by atoms with E-state index in [1.54, 1.807) is 10.9 Å². The molecule has 0 spiro atoms. The van der Waals surface area contributed by atoms with Crippen LogP contribution >= 0.6 is 0 Å². The van der Waals surface area contributed by atoms with E-state index in [1.807, 2.05) is 12.3 Å². The number of carbonyl (C=O) groups is 1. The van der Waals surface area contributed by atoms with Crippen molar-refractivity contribution in [3.05, 3.63) is 52.3 Å². The summed E-state index contributed by atoms with van der Waals surface area (Å²) in [5, 5.41) is 17.4. The van der Waals surface area contributed by atoms with Crippen LogP contribution < -0.4 is 11.1 Å². The van der Waals surface area contributed by atoms with Crippen molar-refractivity contribution in [2.45, 2.75) is 13.0 Å². The number of rotatable bonds is 6. The number of hydrogen-bond acceptors (Lipinski definition) is 5. The van der Waals surface area contributed by atoms with Crippen LogP contribution in [0.5, 0.6) is 0 Å². The van der Waals surface area contributed by atoms with Gasteiger partial charge in [0.05, 0.1) is 10.5 Å². The fraction of sp³-hybridized carbons (Fsp3) is 0.231. The molecule has 1 aromatic heterocycles. The molecule has 0 unspecified atom stereocenters. The van der Waals surface area contributed by atoms with Crippen LogP contribution in [-0.2, 0) is 6.54 Å². The van der Waals surface area contributed by atoms with Gasteiger partial charge in [0.1, 0.15) is 0 Å². The van der Waals surface area contributed by atoms with Gasteiger partial charge in [-0.15, -0.1) is 0 Å². The van der Waals surface area contributed by atoms with Crippen molar-refractivity contribution in [2.24, 2.45) is 0 Å². The average Bonchev–Trinajstić information content (AvgIpc) is 2.96. The summed E-state index contributed by atoms with van der Waals surface area (Å²) in [5.74, 6) is -0.420. The zero-order valence-corrected chi connectivity index (χ0v) is 11.2. The SMILES string of the molecule is Nc1ccc([N+](=O)[O-])cc1C(=O)NCCCn1cccn1. The summed E-state index contributed by atoms with van der Waals surface area (Å²) in [7, 11) is 0. The van der Waals surface area contributed by atoms with E-state index in [-0.39, 0.29) is 16.9 Å². The van der Waals surface area contributed by atoms with E-state index in [2.05, 4.69) is 10.4 Å². The normalized spacial score (nSPS) is 10.3. The predicted octanol–water partition coefficient (Wildman–Crippen LogP) is 1.19. The Labute approximate surface area is 120 Å². The number of nitrogen functional groups attached to an aromatic ring is 1. The van der Waals surface area contributed by atoms with E-state index in [4.69, 9.17) is 5.73 Å². The van der Waals surface area contributed by atoms with Crippen LogP contribution in [-0.4, -0.2) is 27.2 Å². The molecule has 0 saturated heterocycles. The number of nitrogens with two attached hydrogens (primary N) is 1. The highest BCUT2D eigenvalue weighted by molar-refractivity contribution is 5.99. The van der Waals surface area contributed by atoms with E-state index in [9.17, 15) is 14.9 Å². The van der Waals surface area contributed by atoms with E-state index in [0.29, 0.717) is 19.5 Å². The summed E-state index contributed by atoms with van der Waals surface area (Å²) < 4.78 is 1.76. The maximum atomic E-state index is 12.0. The van der Waals surface area contributed by atoms with Gasteiger partial charge in [-0.1, -0.05) is 0 Å². The van der Waals surface area contributed by atoms with Crippen LogP contribution in [0, 0.1) is 10.1 Å². The molecule has 1 aromatic carbocycles. The second-order valence-corrected chi connectivity index (χ2v) is 4.41. The van der Waals surface area contributed by atoms with Crippen LogP contribution in [0.3, 0.4) is 0 Å². The average molecular weight is 289 g/mol. The second kappa shape index (κ2) is 6.51. The molecule has 0 radical (unpaired) electrons. The Kier molecular flexibility index (Phi) is 4.50. The Balaban J connectivity index is 1.90. The first-order valence-corrected chi connectivity index (χ1v) is 6.37. The molecule has 0 aliphatic carbocycles. The first kappa shape index (κ1) is 14.5. The van der Waals surface area contributed by atoms with Gasteiger partial charge in [-0.3, -0.25) is 19.6 Å². The molecule has 0 saturated carbocycles. The standard InChI is InChI=1S/C13H15N5O3/c14-12-4-3-10(18(20)21)9-11(12)13(19)15-5-1-7-17-8-2-6-16-17/h2-4,6,8-9H,1,5,7,14H2,(H,15,19). The molecule has 110 valence electrons. The van der Waals surface area contributed by atoms with Crippen molar-refractivity contribution in [2.75, 3.05) is 12.3 Å². The number of benzene rings is 1. The molecule has 0 fully saturated rings. The lowest BCUT2D eigenvalue weighted by molar-refractivity contribution is -0.384. The van der Waals surface area contributed by atoms with Crippen molar-refractivity contribution in [1.82, 2.24) is 15.1 Å². The van der Waals surface area contributed by atoms with Crippen LogP contribution in [0.25, 0.3) is 0 Å². The van der Waals surface area contributed by atoms with Crippen LogP contribution in [0.2, 0.25) is 0 Å². The second-order valence-electron chi connectivity index (χ2n) is 4.41. The third-order valence-electron chi connectivity index (χ3n) is 2.90. The van der Waals surface area contributed by atoms with E-state index >= 15 is 0 Å². The molecule has 8 nitrogen and oxygen atoms in total. The Bertz CT molecular complexity index is 639. The largest absolute Gasteiger partial charge is 0.398 e. The molecule has 3 N–H and O–H groups in total. The van der Waals surface area contributed by atoms with Crippen LogP contribution in [0.4, 0.5) is 11.4 Å². The fourth-order valence-electron chi connectivity index (χ4n) is 1.83. The zero-order chi connectivity index (χ0) is 15.2. The van der Waals surface area contributed by atoms with Gasteiger partial charge in [-0.25, -0.2) is 0 Å². The molecule has 0 aliphatic heterocycles. The first-order valence-electron chi connectivity index (χ1n) is 6.37. The maximum Gasteiger partial charge on any atom is 0.270 e. The minimum Gasteiger partial charge on any atom is -0.398 e. The van der Waals surface area contributed by atoms with Gasteiger partial charge >= 0.3 is 0 Å². The number of aromatic nitrogens is 2. The van der Waals surface area contributed by atoms with Gasteiger partial charge < -0.3 is 11.1 Å². The number of anilines is 1. The highest BCUT2D eigenvalue weighted by Crippen LogP contribution is 2.19. The summed E-state index contributed by atoms with van der Waals surface area (Å²) in [5.41, 5.74) is 5.84. The molecule has 1 amide bonds. The Hall–Kier alpha value is -2.90. The number of nitrogens with one attached hydrogen (secondary N) is 1. The minimum absolute atomic E-state index is 0.114. The molecule has 1 heterocycles. The zero-order valence-electron chi connectivity index (χ0n) is 11.2. The summed E-state index contributed by atoms with van der Waals surface area (Å²) in [6, 6.07) is 5.63. The quantitative estimate of drug-likeness (QED) is 0.358. The van der Waals surface area contributed by atoms with Crippen molar-refractivity contribution < 1.29 is 9.72 Å². The van der Waals surface area contributed by atoms with Crippen LogP contribution in [0.1, 0.15) is 16.8 Å².